The highest BCUT2D eigenvalue weighted by Gasteiger charge is 2.05. The number of hydrogen-bond donors (Lipinski definition) is 2. The van der Waals surface area contributed by atoms with Crippen LogP contribution in [0.3, 0.4) is 0 Å². The Balaban J connectivity index is 1.75. The van der Waals surface area contributed by atoms with Crippen LogP contribution in [0, 0.1) is 0 Å². The van der Waals surface area contributed by atoms with Gasteiger partial charge in [-0.3, -0.25) is 0 Å². The number of pyridine rings is 1. The average molecular weight is 350 g/mol. The fourth-order valence-electron chi connectivity index (χ4n) is 2.11. The first-order valence-corrected chi connectivity index (χ1v) is 7.83. The molecule has 0 radical (unpaired) electrons. The van der Waals surface area contributed by atoms with E-state index in [2.05, 4.69) is 15.6 Å². The number of nitrogens with one attached hydrogen (secondary N) is 2. The van der Waals surface area contributed by atoms with Crippen molar-refractivity contribution in [3.63, 3.8) is 0 Å². The summed E-state index contributed by atoms with van der Waals surface area (Å²) in [6, 6.07) is 8.97. The molecule has 0 aliphatic carbocycles. The van der Waals surface area contributed by atoms with E-state index in [0.29, 0.717) is 36.2 Å². The molecule has 0 saturated carbocycles. The molecule has 0 aliphatic heterocycles. The first-order chi connectivity index (χ1) is 11.6. The third-order valence-corrected chi connectivity index (χ3v) is 3.61. The highest BCUT2D eigenvalue weighted by Crippen LogP contribution is 2.27. The fourth-order valence-corrected chi connectivity index (χ4v) is 2.22. The van der Waals surface area contributed by atoms with Crippen molar-refractivity contribution in [2.24, 2.45) is 0 Å². The summed E-state index contributed by atoms with van der Waals surface area (Å²) in [5.41, 5.74) is 1.93. The van der Waals surface area contributed by atoms with Crippen molar-refractivity contribution in [2.45, 2.75) is 13.0 Å². The van der Waals surface area contributed by atoms with Gasteiger partial charge in [0.1, 0.15) is 5.15 Å². The van der Waals surface area contributed by atoms with Crippen LogP contribution in [-0.4, -0.2) is 31.8 Å². The Morgan fingerprint density at radius 1 is 1.08 bits per heavy atom. The van der Waals surface area contributed by atoms with E-state index in [-0.39, 0.29) is 6.03 Å². The Morgan fingerprint density at radius 2 is 1.83 bits per heavy atom. The molecule has 0 unspecified atom stereocenters. The lowest BCUT2D eigenvalue weighted by atomic mass is 10.1. The standard InChI is InChI=1S/C17H20ClN3O3/c1-23-14-5-3-12(9-15(14)24-2)7-8-19-17(22)21-11-13-4-6-16(18)20-10-13/h3-6,9-10H,7-8,11H2,1-2H3,(H2,19,21,22). The van der Waals surface area contributed by atoms with Crippen molar-refractivity contribution in [2.75, 3.05) is 20.8 Å². The number of hydrogen-bond acceptors (Lipinski definition) is 4. The van der Waals surface area contributed by atoms with E-state index in [1.165, 1.54) is 0 Å². The number of methoxy groups -OCH3 is 2. The lowest BCUT2D eigenvalue weighted by Crippen LogP contribution is -2.36. The molecule has 0 aliphatic rings. The van der Waals surface area contributed by atoms with Crippen LogP contribution in [0.1, 0.15) is 11.1 Å². The van der Waals surface area contributed by atoms with Crippen LogP contribution in [0.4, 0.5) is 4.79 Å². The lowest BCUT2D eigenvalue weighted by Gasteiger charge is -2.10. The second-order valence-electron chi connectivity index (χ2n) is 5.04. The maximum absolute atomic E-state index is 11.8. The molecule has 1 aromatic carbocycles. The lowest BCUT2D eigenvalue weighted by molar-refractivity contribution is 0.240. The Kier molecular flexibility index (Phi) is 6.69. The number of halogens is 1. The van der Waals surface area contributed by atoms with Crippen molar-refractivity contribution in [1.29, 1.82) is 0 Å². The summed E-state index contributed by atoms with van der Waals surface area (Å²) in [5.74, 6) is 1.36. The van der Waals surface area contributed by atoms with Crippen LogP contribution in [0.5, 0.6) is 11.5 Å². The highest BCUT2D eigenvalue weighted by atomic mass is 35.5. The van der Waals surface area contributed by atoms with Crippen molar-refractivity contribution in [3.8, 4) is 11.5 Å². The van der Waals surface area contributed by atoms with Gasteiger partial charge in [0.15, 0.2) is 11.5 Å². The number of amides is 2. The molecule has 2 N–H and O–H groups in total. The van der Waals surface area contributed by atoms with Crippen LogP contribution in [-0.2, 0) is 13.0 Å². The Labute approximate surface area is 146 Å². The second kappa shape index (κ2) is 8.98. The Morgan fingerprint density at radius 3 is 2.50 bits per heavy atom. The first-order valence-electron chi connectivity index (χ1n) is 7.45. The third-order valence-electron chi connectivity index (χ3n) is 3.39. The number of carbonyl (C=O) groups excluding carboxylic acids is 1. The summed E-state index contributed by atoms with van der Waals surface area (Å²) in [6.07, 6.45) is 2.32. The average Bonchev–Trinajstić information content (AvgIpc) is 2.61. The summed E-state index contributed by atoms with van der Waals surface area (Å²) in [7, 11) is 3.19. The topological polar surface area (TPSA) is 72.5 Å². The smallest absolute Gasteiger partial charge is 0.315 e. The molecule has 0 atom stereocenters. The third kappa shape index (κ3) is 5.31. The van der Waals surface area contributed by atoms with Crippen molar-refractivity contribution < 1.29 is 14.3 Å². The molecule has 0 fully saturated rings. The maximum atomic E-state index is 11.8. The van der Waals surface area contributed by atoms with E-state index in [1.807, 2.05) is 24.3 Å². The molecule has 7 heteroatoms. The van der Waals surface area contributed by atoms with E-state index < -0.39 is 0 Å². The van der Waals surface area contributed by atoms with Gasteiger partial charge >= 0.3 is 6.03 Å². The van der Waals surface area contributed by atoms with Gasteiger partial charge in [-0.2, -0.15) is 0 Å². The Bertz CT molecular complexity index is 677. The molecule has 1 aromatic heterocycles. The zero-order chi connectivity index (χ0) is 17.4. The number of rotatable bonds is 7. The number of ether oxygens (including phenoxy) is 2. The molecule has 1 heterocycles. The van der Waals surface area contributed by atoms with Crippen LogP contribution >= 0.6 is 11.6 Å². The van der Waals surface area contributed by atoms with E-state index in [9.17, 15) is 4.79 Å². The summed E-state index contributed by atoms with van der Waals surface area (Å²) < 4.78 is 10.5. The van der Waals surface area contributed by atoms with Crippen molar-refractivity contribution >= 4 is 17.6 Å². The summed E-state index contributed by atoms with van der Waals surface area (Å²) in [6.45, 7) is 0.909. The highest BCUT2D eigenvalue weighted by molar-refractivity contribution is 6.29. The van der Waals surface area contributed by atoms with E-state index >= 15 is 0 Å². The molecule has 2 aromatic rings. The van der Waals surface area contributed by atoms with Crippen LogP contribution < -0.4 is 20.1 Å². The molecule has 0 spiro atoms. The summed E-state index contributed by atoms with van der Waals surface area (Å²) >= 11 is 5.71. The second-order valence-corrected chi connectivity index (χ2v) is 5.43. The van der Waals surface area contributed by atoms with E-state index in [1.54, 1.807) is 26.5 Å². The zero-order valence-electron chi connectivity index (χ0n) is 13.6. The van der Waals surface area contributed by atoms with E-state index in [0.717, 1.165) is 11.1 Å². The van der Waals surface area contributed by atoms with Gasteiger partial charge in [-0.15, -0.1) is 0 Å². The molecule has 6 nitrogen and oxygen atoms in total. The first kappa shape index (κ1) is 17.9. The van der Waals surface area contributed by atoms with Crippen LogP contribution in [0.25, 0.3) is 0 Å². The van der Waals surface area contributed by atoms with Gasteiger partial charge in [0.2, 0.25) is 0 Å². The van der Waals surface area contributed by atoms with Gasteiger partial charge in [0.05, 0.1) is 14.2 Å². The minimum Gasteiger partial charge on any atom is -0.493 e. The molecular weight excluding hydrogens is 330 g/mol. The molecular formula is C17H20ClN3O3. The van der Waals surface area contributed by atoms with Gasteiger partial charge < -0.3 is 20.1 Å². The summed E-state index contributed by atoms with van der Waals surface area (Å²) in [4.78, 5) is 15.7. The van der Waals surface area contributed by atoms with Gasteiger partial charge in [0.25, 0.3) is 0 Å². The van der Waals surface area contributed by atoms with Gasteiger partial charge in [0, 0.05) is 19.3 Å². The largest absolute Gasteiger partial charge is 0.493 e. The maximum Gasteiger partial charge on any atom is 0.315 e. The SMILES string of the molecule is COc1ccc(CCNC(=O)NCc2ccc(Cl)nc2)cc1OC. The summed E-state index contributed by atoms with van der Waals surface area (Å²) in [5, 5.41) is 6.01. The van der Waals surface area contributed by atoms with Gasteiger partial charge in [-0.05, 0) is 35.7 Å². The number of urea groups is 1. The number of carbonyl (C=O) groups is 1. The minimum atomic E-state index is -0.231. The Hall–Kier alpha value is -2.47. The molecule has 2 rings (SSSR count). The van der Waals surface area contributed by atoms with Crippen molar-refractivity contribution in [1.82, 2.24) is 15.6 Å². The molecule has 0 saturated heterocycles. The normalized spacial score (nSPS) is 10.1. The van der Waals surface area contributed by atoms with Crippen LogP contribution in [0.15, 0.2) is 36.5 Å². The molecule has 0 bridgehead atoms. The quantitative estimate of drug-likeness (QED) is 0.754. The zero-order valence-corrected chi connectivity index (χ0v) is 14.4. The van der Waals surface area contributed by atoms with Gasteiger partial charge in [-0.1, -0.05) is 23.7 Å². The molecule has 2 amide bonds. The predicted molar refractivity (Wildman–Crippen MR) is 92.7 cm³/mol. The van der Waals surface area contributed by atoms with Gasteiger partial charge in [-0.25, -0.2) is 9.78 Å². The van der Waals surface area contributed by atoms with E-state index in [4.69, 9.17) is 21.1 Å². The number of nitrogens with zero attached hydrogens (tertiary/aromatic N) is 1. The van der Waals surface area contributed by atoms with Crippen LogP contribution in [0.2, 0.25) is 5.15 Å². The number of benzene rings is 1. The molecule has 128 valence electrons. The minimum absolute atomic E-state index is 0.231. The van der Waals surface area contributed by atoms with Crippen molar-refractivity contribution in [3.05, 3.63) is 52.8 Å². The molecule has 24 heavy (non-hydrogen) atoms. The predicted octanol–water partition coefficient (Wildman–Crippen LogP) is 2.79. The number of aromatic nitrogens is 1. The monoisotopic (exact) mass is 349 g/mol. The fraction of sp³-hybridized carbons (Fsp3) is 0.294.